The number of amides is 1. The zero-order chi connectivity index (χ0) is 21.4. The number of hydrogen-bond acceptors (Lipinski definition) is 4. The molecule has 2 fully saturated rings. The number of H-pyrrole nitrogens is 1. The molecule has 1 saturated heterocycles. The number of hydrogen-bond donors (Lipinski definition) is 2. The van der Waals surface area contributed by atoms with Crippen LogP contribution >= 0.6 is 0 Å². The fourth-order valence-corrected chi connectivity index (χ4v) is 5.48. The molecule has 8 heteroatoms. The highest BCUT2D eigenvalue weighted by molar-refractivity contribution is 7.89. The standard InChI is InChI=1S/C23H26N4O3S/c28-23(18-3-1-4-19(13-18)31(29,30)26-14-16-6-7-16)27-11-8-17(9-12-27)21-15-25-22-20(21)5-2-10-24-22/h1-5,10,13,15-17,26H,6-9,11-12,14H2,(H,24,25). The Labute approximate surface area is 181 Å². The Morgan fingerprint density at radius 2 is 1.94 bits per heavy atom. The van der Waals surface area contributed by atoms with Crippen LogP contribution in [0.15, 0.2) is 53.7 Å². The number of sulfonamides is 1. The molecule has 2 aromatic heterocycles. The number of aromatic nitrogens is 2. The largest absolute Gasteiger partial charge is 0.346 e. The van der Waals surface area contributed by atoms with Gasteiger partial charge in [-0.1, -0.05) is 6.07 Å². The summed E-state index contributed by atoms with van der Waals surface area (Å²) in [4.78, 5) is 22.6. The van der Waals surface area contributed by atoms with E-state index in [1.54, 1.807) is 24.4 Å². The van der Waals surface area contributed by atoms with Gasteiger partial charge in [-0.2, -0.15) is 0 Å². The van der Waals surface area contributed by atoms with Gasteiger partial charge in [0.05, 0.1) is 4.90 Å². The first-order valence-electron chi connectivity index (χ1n) is 10.8. The van der Waals surface area contributed by atoms with Gasteiger partial charge in [-0.3, -0.25) is 4.79 Å². The second-order valence-electron chi connectivity index (χ2n) is 8.53. The second-order valence-corrected chi connectivity index (χ2v) is 10.3. The van der Waals surface area contributed by atoms with E-state index in [0.717, 1.165) is 36.7 Å². The van der Waals surface area contributed by atoms with Crippen molar-refractivity contribution in [3.05, 3.63) is 59.9 Å². The molecule has 1 aliphatic heterocycles. The number of carbonyl (C=O) groups excluding carboxylic acids is 1. The first kappa shape index (κ1) is 20.2. The number of piperidine rings is 1. The number of benzene rings is 1. The molecule has 3 heterocycles. The van der Waals surface area contributed by atoms with Crippen LogP contribution in [0.25, 0.3) is 11.0 Å². The van der Waals surface area contributed by atoms with Gasteiger partial charge in [-0.15, -0.1) is 0 Å². The number of pyridine rings is 1. The normalized spacial score (nSPS) is 17.9. The average molecular weight is 439 g/mol. The van der Waals surface area contributed by atoms with Crippen LogP contribution in [0.3, 0.4) is 0 Å². The van der Waals surface area contributed by atoms with Crippen molar-refractivity contribution < 1.29 is 13.2 Å². The highest BCUT2D eigenvalue weighted by Gasteiger charge is 2.28. The summed E-state index contributed by atoms with van der Waals surface area (Å²) in [6, 6.07) is 10.4. The SMILES string of the molecule is O=C(c1cccc(S(=O)(=O)NCC2CC2)c1)N1CCC(c2c[nH]c3ncccc23)CC1. The third-order valence-electron chi connectivity index (χ3n) is 6.36. The van der Waals surface area contributed by atoms with Crippen LogP contribution in [0, 0.1) is 5.92 Å². The topological polar surface area (TPSA) is 95.2 Å². The van der Waals surface area contributed by atoms with Gasteiger partial charge >= 0.3 is 0 Å². The van der Waals surface area contributed by atoms with E-state index in [1.807, 2.05) is 17.2 Å². The summed E-state index contributed by atoms with van der Waals surface area (Å²) in [5.41, 5.74) is 2.57. The fraction of sp³-hybridized carbons (Fsp3) is 0.391. The molecule has 5 rings (SSSR count). The Balaban J connectivity index is 1.26. The summed E-state index contributed by atoms with van der Waals surface area (Å²) in [5, 5.41) is 1.14. The number of rotatable bonds is 6. The predicted octanol–water partition coefficient (Wildman–Crippen LogP) is 3.27. The van der Waals surface area contributed by atoms with Gasteiger partial charge in [0.2, 0.25) is 10.0 Å². The van der Waals surface area contributed by atoms with E-state index < -0.39 is 10.0 Å². The molecule has 7 nitrogen and oxygen atoms in total. The zero-order valence-corrected chi connectivity index (χ0v) is 18.1. The Morgan fingerprint density at radius 3 is 2.71 bits per heavy atom. The summed E-state index contributed by atoms with van der Waals surface area (Å²) in [7, 11) is -3.59. The molecule has 1 aliphatic carbocycles. The van der Waals surface area contributed by atoms with Crippen molar-refractivity contribution >= 4 is 27.0 Å². The van der Waals surface area contributed by atoms with Crippen molar-refractivity contribution in [1.29, 1.82) is 0 Å². The molecule has 162 valence electrons. The van der Waals surface area contributed by atoms with E-state index in [0.29, 0.717) is 37.0 Å². The maximum atomic E-state index is 13.1. The third-order valence-corrected chi connectivity index (χ3v) is 7.78. The van der Waals surface area contributed by atoms with Crippen LogP contribution in [0.4, 0.5) is 0 Å². The van der Waals surface area contributed by atoms with Crippen LogP contribution < -0.4 is 4.72 Å². The van der Waals surface area contributed by atoms with E-state index in [9.17, 15) is 13.2 Å². The van der Waals surface area contributed by atoms with Crippen molar-refractivity contribution in [2.24, 2.45) is 5.92 Å². The molecule has 0 spiro atoms. The minimum absolute atomic E-state index is 0.113. The molecular weight excluding hydrogens is 412 g/mol. The number of aromatic amines is 1. The lowest BCUT2D eigenvalue weighted by Gasteiger charge is -2.32. The second kappa shape index (κ2) is 8.09. The number of nitrogens with one attached hydrogen (secondary N) is 2. The molecule has 0 bridgehead atoms. The molecule has 31 heavy (non-hydrogen) atoms. The van der Waals surface area contributed by atoms with Crippen LogP contribution in [0.1, 0.15) is 47.5 Å². The molecule has 1 amide bonds. The van der Waals surface area contributed by atoms with Crippen molar-refractivity contribution in [1.82, 2.24) is 19.6 Å². The van der Waals surface area contributed by atoms with Crippen LogP contribution in [0.2, 0.25) is 0 Å². The maximum absolute atomic E-state index is 13.1. The van der Waals surface area contributed by atoms with Crippen molar-refractivity contribution in [3.63, 3.8) is 0 Å². The zero-order valence-electron chi connectivity index (χ0n) is 17.3. The van der Waals surface area contributed by atoms with E-state index >= 15 is 0 Å². The minimum Gasteiger partial charge on any atom is -0.346 e. The molecule has 1 aromatic carbocycles. The fourth-order valence-electron chi connectivity index (χ4n) is 4.32. The maximum Gasteiger partial charge on any atom is 0.253 e. The molecule has 3 aromatic rings. The summed E-state index contributed by atoms with van der Waals surface area (Å²) >= 11 is 0. The van der Waals surface area contributed by atoms with E-state index in [-0.39, 0.29) is 10.8 Å². The Bertz CT molecular complexity index is 1210. The smallest absolute Gasteiger partial charge is 0.253 e. The minimum atomic E-state index is -3.59. The third kappa shape index (κ3) is 4.22. The lowest BCUT2D eigenvalue weighted by Crippen LogP contribution is -2.38. The Morgan fingerprint density at radius 1 is 1.13 bits per heavy atom. The van der Waals surface area contributed by atoms with E-state index in [4.69, 9.17) is 0 Å². The van der Waals surface area contributed by atoms with Gasteiger partial charge < -0.3 is 9.88 Å². The Kier molecular flexibility index (Phi) is 5.27. The van der Waals surface area contributed by atoms with Crippen LogP contribution in [-0.4, -0.2) is 48.8 Å². The van der Waals surface area contributed by atoms with Crippen molar-refractivity contribution in [2.75, 3.05) is 19.6 Å². The first-order chi connectivity index (χ1) is 15.0. The highest BCUT2D eigenvalue weighted by Crippen LogP contribution is 2.33. The van der Waals surface area contributed by atoms with Gasteiger partial charge in [0.15, 0.2) is 0 Å². The van der Waals surface area contributed by atoms with Gasteiger partial charge in [0.1, 0.15) is 5.65 Å². The molecule has 0 radical (unpaired) electrons. The molecular formula is C23H26N4O3S. The van der Waals surface area contributed by atoms with Crippen LogP contribution in [-0.2, 0) is 10.0 Å². The van der Waals surface area contributed by atoms with Gasteiger partial charge in [0, 0.05) is 43.0 Å². The predicted molar refractivity (Wildman–Crippen MR) is 118 cm³/mol. The summed E-state index contributed by atoms with van der Waals surface area (Å²) in [6.45, 7) is 1.76. The van der Waals surface area contributed by atoms with Crippen molar-refractivity contribution in [3.8, 4) is 0 Å². The molecule has 0 unspecified atom stereocenters. The highest BCUT2D eigenvalue weighted by atomic mass is 32.2. The lowest BCUT2D eigenvalue weighted by molar-refractivity contribution is 0.0713. The summed E-state index contributed by atoms with van der Waals surface area (Å²) < 4.78 is 27.8. The molecule has 2 aliphatic rings. The molecule has 1 saturated carbocycles. The number of fused-ring (bicyclic) bond motifs is 1. The number of nitrogens with zero attached hydrogens (tertiary/aromatic N) is 2. The van der Waals surface area contributed by atoms with E-state index in [1.165, 1.54) is 11.6 Å². The van der Waals surface area contributed by atoms with E-state index in [2.05, 4.69) is 20.8 Å². The van der Waals surface area contributed by atoms with Crippen molar-refractivity contribution in [2.45, 2.75) is 36.5 Å². The van der Waals surface area contributed by atoms with Gasteiger partial charge in [0.25, 0.3) is 5.91 Å². The Hall–Kier alpha value is -2.71. The monoisotopic (exact) mass is 438 g/mol. The number of likely N-dealkylation sites (tertiary alicyclic amines) is 1. The lowest BCUT2D eigenvalue weighted by atomic mass is 9.89. The quantitative estimate of drug-likeness (QED) is 0.617. The van der Waals surface area contributed by atoms with Gasteiger partial charge in [-0.25, -0.2) is 18.1 Å². The van der Waals surface area contributed by atoms with Crippen LogP contribution in [0.5, 0.6) is 0 Å². The average Bonchev–Trinajstić information content (AvgIpc) is 3.54. The molecule has 0 atom stereocenters. The molecule has 2 N–H and O–H groups in total. The summed E-state index contributed by atoms with van der Waals surface area (Å²) in [6.07, 6.45) is 7.70. The first-order valence-corrected chi connectivity index (χ1v) is 12.3. The number of carbonyl (C=O) groups is 1. The summed E-state index contributed by atoms with van der Waals surface area (Å²) in [5.74, 6) is 0.715. The van der Waals surface area contributed by atoms with Gasteiger partial charge in [-0.05, 0) is 73.4 Å².